The van der Waals surface area contributed by atoms with Gasteiger partial charge in [0.25, 0.3) is 0 Å². The number of nitrogens with one attached hydrogen (secondary N) is 2. The molecular weight excluding hydrogens is 366 g/mol. The van der Waals surface area contributed by atoms with Gasteiger partial charge in [-0.1, -0.05) is 42.5 Å². The summed E-state index contributed by atoms with van der Waals surface area (Å²) < 4.78 is 5.44. The number of hydrogen-bond acceptors (Lipinski definition) is 4. The summed E-state index contributed by atoms with van der Waals surface area (Å²) in [5, 5.41) is 6.03. The molecule has 1 atom stereocenters. The summed E-state index contributed by atoms with van der Waals surface area (Å²) in [6.07, 6.45) is 1.86. The molecule has 6 nitrogen and oxygen atoms in total. The van der Waals surface area contributed by atoms with Gasteiger partial charge in [-0.15, -0.1) is 0 Å². The van der Waals surface area contributed by atoms with Gasteiger partial charge in [0.1, 0.15) is 5.75 Å². The average molecular weight is 393 g/mol. The van der Waals surface area contributed by atoms with Crippen LogP contribution in [0.5, 0.6) is 5.75 Å². The number of para-hydroxylation sites is 1. The second kappa shape index (κ2) is 8.66. The Morgan fingerprint density at radius 1 is 1.14 bits per heavy atom. The lowest BCUT2D eigenvalue weighted by atomic mass is 10.1. The predicted octanol–water partition coefficient (Wildman–Crippen LogP) is 1.67. The number of nitrogens with zero attached hydrogens (tertiary/aromatic N) is 1. The monoisotopic (exact) mass is 393 g/mol. The first-order valence-electron chi connectivity index (χ1n) is 10.1. The number of carbonyl (C=O) groups excluding carboxylic acids is 2. The van der Waals surface area contributed by atoms with Crippen LogP contribution in [0.25, 0.3) is 0 Å². The normalized spacial score (nSPS) is 19.5. The fraction of sp³-hybridized carbons (Fsp3) is 0.391. The van der Waals surface area contributed by atoms with E-state index in [-0.39, 0.29) is 24.3 Å². The van der Waals surface area contributed by atoms with Gasteiger partial charge in [0.05, 0.1) is 19.6 Å². The van der Waals surface area contributed by atoms with Gasteiger partial charge < -0.3 is 15.4 Å². The number of carbonyl (C=O) groups is 2. The summed E-state index contributed by atoms with van der Waals surface area (Å²) in [6.45, 7) is 1.87. The van der Waals surface area contributed by atoms with Crippen LogP contribution in [0, 0.1) is 0 Å². The van der Waals surface area contributed by atoms with Crippen LogP contribution in [0.4, 0.5) is 0 Å². The summed E-state index contributed by atoms with van der Waals surface area (Å²) in [5.41, 5.74) is 3.61. The van der Waals surface area contributed by atoms with Crippen LogP contribution < -0.4 is 15.4 Å². The molecule has 0 bridgehead atoms. The Balaban J connectivity index is 1.40. The number of rotatable bonds is 6. The van der Waals surface area contributed by atoms with E-state index in [2.05, 4.69) is 27.7 Å². The van der Waals surface area contributed by atoms with E-state index < -0.39 is 6.04 Å². The molecule has 0 spiro atoms. The van der Waals surface area contributed by atoms with Crippen LogP contribution in [-0.4, -0.2) is 49.0 Å². The Kier molecular flexibility index (Phi) is 5.81. The topological polar surface area (TPSA) is 70.7 Å². The molecular formula is C23H27N3O3. The van der Waals surface area contributed by atoms with E-state index >= 15 is 0 Å². The van der Waals surface area contributed by atoms with E-state index in [1.807, 2.05) is 36.4 Å². The van der Waals surface area contributed by atoms with E-state index in [1.54, 1.807) is 7.11 Å². The first-order chi connectivity index (χ1) is 14.1. The molecule has 1 heterocycles. The Bertz CT molecular complexity index is 873. The third-order valence-electron chi connectivity index (χ3n) is 5.80. The number of piperazine rings is 1. The van der Waals surface area contributed by atoms with Crippen molar-refractivity contribution in [3.63, 3.8) is 0 Å². The minimum Gasteiger partial charge on any atom is -0.496 e. The zero-order chi connectivity index (χ0) is 20.2. The van der Waals surface area contributed by atoms with Crippen molar-refractivity contribution in [3.8, 4) is 5.75 Å². The number of benzene rings is 2. The first-order valence-corrected chi connectivity index (χ1v) is 10.1. The molecule has 1 aliphatic heterocycles. The standard InChI is InChI=1S/C23H27N3O3/c1-29-21-9-5-4-8-18(21)15-26-11-10-24-23(28)20(26)14-22(27)25-19-12-16-6-2-3-7-17(16)13-19/h2-9,19-20H,10-15H2,1H3,(H,24,28)(H,25,27)/t20-/m0/s1. The first kappa shape index (κ1) is 19.5. The number of methoxy groups -OCH3 is 1. The van der Waals surface area contributed by atoms with Gasteiger partial charge in [-0.3, -0.25) is 14.5 Å². The Hall–Kier alpha value is -2.86. The number of hydrogen-bond donors (Lipinski definition) is 2. The Morgan fingerprint density at radius 3 is 2.55 bits per heavy atom. The van der Waals surface area contributed by atoms with Crippen LogP contribution in [0.15, 0.2) is 48.5 Å². The number of amides is 2. The van der Waals surface area contributed by atoms with Gasteiger partial charge in [0, 0.05) is 31.2 Å². The SMILES string of the molecule is COc1ccccc1CN1CCNC(=O)[C@@H]1CC(=O)NC1Cc2ccccc2C1. The average Bonchev–Trinajstić information content (AvgIpc) is 3.13. The molecule has 1 aliphatic carbocycles. The lowest BCUT2D eigenvalue weighted by molar-refractivity contribution is -0.134. The molecule has 0 aromatic heterocycles. The van der Waals surface area contributed by atoms with Gasteiger partial charge >= 0.3 is 0 Å². The fourth-order valence-electron chi connectivity index (χ4n) is 4.35. The van der Waals surface area contributed by atoms with Crippen LogP contribution in [0.2, 0.25) is 0 Å². The molecule has 4 rings (SSSR count). The van der Waals surface area contributed by atoms with Gasteiger partial charge in [-0.25, -0.2) is 0 Å². The van der Waals surface area contributed by atoms with Gasteiger partial charge in [-0.05, 0) is 30.0 Å². The smallest absolute Gasteiger partial charge is 0.237 e. The van der Waals surface area contributed by atoms with Crippen molar-refractivity contribution in [1.29, 1.82) is 0 Å². The number of ether oxygens (including phenoxy) is 1. The second-order valence-electron chi connectivity index (χ2n) is 7.73. The fourth-order valence-corrected chi connectivity index (χ4v) is 4.35. The Labute approximate surface area is 171 Å². The van der Waals surface area contributed by atoms with E-state index in [1.165, 1.54) is 11.1 Å². The molecule has 1 saturated heterocycles. The number of fused-ring (bicyclic) bond motifs is 1. The molecule has 1 fully saturated rings. The highest BCUT2D eigenvalue weighted by Gasteiger charge is 2.33. The third-order valence-corrected chi connectivity index (χ3v) is 5.80. The zero-order valence-electron chi connectivity index (χ0n) is 16.7. The second-order valence-corrected chi connectivity index (χ2v) is 7.73. The van der Waals surface area contributed by atoms with Crippen LogP contribution in [-0.2, 0) is 29.0 Å². The van der Waals surface area contributed by atoms with Gasteiger partial charge in [-0.2, -0.15) is 0 Å². The maximum absolute atomic E-state index is 12.7. The van der Waals surface area contributed by atoms with E-state index in [4.69, 9.17) is 4.74 Å². The van der Waals surface area contributed by atoms with Crippen LogP contribution >= 0.6 is 0 Å². The zero-order valence-corrected chi connectivity index (χ0v) is 16.7. The molecule has 29 heavy (non-hydrogen) atoms. The summed E-state index contributed by atoms with van der Waals surface area (Å²) in [7, 11) is 1.65. The van der Waals surface area contributed by atoms with Crippen LogP contribution in [0.1, 0.15) is 23.1 Å². The van der Waals surface area contributed by atoms with Crippen LogP contribution in [0.3, 0.4) is 0 Å². The van der Waals surface area contributed by atoms with Crippen molar-refractivity contribution in [3.05, 3.63) is 65.2 Å². The predicted molar refractivity (Wildman–Crippen MR) is 111 cm³/mol. The molecule has 2 aliphatic rings. The van der Waals surface area contributed by atoms with Gasteiger partial charge in [0.2, 0.25) is 11.8 Å². The Morgan fingerprint density at radius 2 is 1.83 bits per heavy atom. The molecule has 2 amide bonds. The van der Waals surface area contributed by atoms with Crippen molar-refractivity contribution >= 4 is 11.8 Å². The summed E-state index contributed by atoms with van der Waals surface area (Å²) in [5.74, 6) is 0.635. The van der Waals surface area contributed by atoms with Crippen molar-refractivity contribution in [2.24, 2.45) is 0 Å². The van der Waals surface area contributed by atoms with E-state index in [0.29, 0.717) is 19.6 Å². The minimum atomic E-state index is -0.475. The summed E-state index contributed by atoms with van der Waals surface area (Å²) in [6, 6.07) is 15.7. The molecule has 0 radical (unpaired) electrons. The maximum Gasteiger partial charge on any atom is 0.237 e. The quantitative estimate of drug-likeness (QED) is 0.783. The molecule has 2 N–H and O–H groups in total. The minimum absolute atomic E-state index is 0.0742. The maximum atomic E-state index is 12.7. The van der Waals surface area contributed by atoms with E-state index in [9.17, 15) is 9.59 Å². The lowest BCUT2D eigenvalue weighted by Crippen LogP contribution is -2.56. The molecule has 2 aromatic carbocycles. The van der Waals surface area contributed by atoms with E-state index in [0.717, 1.165) is 24.2 Å². The molecule has 6 heteroatoms. The van der Waals surface area contributed by atoms with Crippen molar-refractivity contribution in [1.82, 2.24) is 15.5 Å². The largest absolute Gasteiger partial charge is 0.496 e. The summed E-state index contributed by atoms with van der Waals surface area (Å²) >= 11 is 0. The lowest BCUT2D eigenvalue weighted by Gasteiger charge is -2.35. The molecule has 0 unspecified atom stereocenters. The van der Waals surface area contributed by atoms with Crippen molar-refractivity contribution in [2.45, 2.75) is 37.9 Å². The molecule has 0 saturated carbocycles. The summed E-state index contributed by atoms with van der Waals surface area (Å²) in [4.78, 5) is 27.3. The van der Waals surface area contributed by atoms with Crippen molar-refractivity contribution in [2.75, 3.05) is 20.2 Å². The highest BCUT2D eigenvalue weighted by molar-refractivity contribution is 5.89. The van der Waals surface area contributed by atoms with Gasteiger partial charge in [0.15, 0.2) is 0 Å². The molecule has 152 valence electrons. The highest BCUT2D eigenvalue weighted by Crippen LogP contribution is 2.23. The molecule has 2 aromatic rings. The third kappa shape index (κ3) is 4.43. The van der Waals surface area contributed by atoms with Crippen molar-refractivity contribution < 1.29 is 14.3 Å². The highest BCUT2D eigenvalue weighted by atomic mass is 16.5.